The van der Waals surface area contributed by atoms with Crippen molar-refractivity contribution in [1.82, 2.24) is 0 Å². The lowest BCUT2D eigenvalue weighted by molar-refractivity contribution is -0.115. The molecule has 10 heavy (non-hydrogen) atoms. The van der Waals surface area contributed by atoms with Crippen LogP contribution in [-0.2, 0) is 14.5 Å². The van der Waals surface area contributed by atoms with Gasteiger partial charge in [-0.2, -0.15) is 4.36 Å². The van der Waals surface area contributed by atoms with Gasteiger partial charge in [0.2, 0.25) is 0 Å². The molecule has 0 saturated carbocycles. The van der Waals surface area contributed by atoms with Crippen molar-refractivity contribution < 1.29 is 9.00 Å². The minimum Gasteiger partial charge on any atom is -0.272 e. The molecular weight excluding hydrogens is 150 g/mol. The second-order valence-corrected chi connectivity index (χ2v) is 4.78. The summed E-state index contributed by atoms with van der Waals surface area (Å²) in [5.74, 6) is 0.160. The van der Waals surface area contributed by atoms with E-state index in [1.807, 2.05) is 6.92 Å². The Morgan fingerprint density at radius 3 is 2.40 bits per heavy atom. The molecule has 4 heteroatoms. The van der Waals surface area contributed by atoms with Crippen molar-refractivity contribution in [3.8, 4) is 0 Å². The number of carbonyl (C=O) groups is 1. The van der Waals surface area contributed by atoms with Gasteiger partial charge in [-0.25, -0.2) is 4.21 Å². The van der Waals surface area contributed by atoms with Crippen molar-refractivity contribution in [1.29, 1.82) is 0 Å². The Kier molecular flexibility index (Phi) is 3.57. The minimum atomic E-state index is -2.21. The van der Waals surface area contributed by atoms with Gasteiger partial charge in [0, 0.05) is 18.9 Å². The van der Waals surface area contributed by atoms with E-state index < -0.39 is 9.73 Å². The van der Waals surface area contributed by atoms with Crippen LogP contribution in [0.2, 0.25) is 0 Å². The van der Waals surface area contributed by atoms with Crippen LogP contribution < -0.4 is 0 Å². The second-order valence-electron chi connectivity index (χ2n) is 2.27. The standard InChI is InChI=1S/C6H13NO2S/c1-4-5-10(3,9)7-6(2)8/h4-5H2,1-3H3. The van der Waals surface area contributed by atoms with Crippen LogP contribution in [0.3, 0.4) is 0 Å². The van der Waals surface area contributed by atoms with Crippen molar-refractivity contribution in [3.63, 3.8) is 0 Å². The van der Waals surface area contributed by atoms with Gasteiger partial charge in [0.05, 0.1) is 9.73 Å². The molecule has 0 radical (unpaired) electrons. The van der Waals surface area contributed by atoms with E-state index in [9.17, 15) is 9.00 Å². The molecule has 60 valence electrons. The summed E-state index contributed by atoms with van der Waals surface area (Å²) in [5, 5.41) is 0. The van der Waals surface area contributed by atoms with Crippen molar-refractivity contribution in [2.75, 3.05) is 12.0 Å². The predicted octanol–water partition coefficient (Wildman–Crippen LogP) is 1.04. The summed E-state index contributed by atoms with van der Waals surface area (Å²) in [6.07, 6.45) is 2.31. The van der Waals surface area contributed by atoms with E-state index >= 15 is 0 Å². The fraction of sp³-hybridized carbons (Fsp3) is 0.833. The zero-order chi connectivity index (χ0) is 8.20. The Morgan fingerprint density at radius 1 is 1.60 bits per heavy atom. The molecule has 3 nitrogen and oxygen atoms in total. The first-order chi connectivity index (χ1) is 4.48. The summed E-state index contributed by atoms with van der Waals surface area (Å²) in [4.78, 5) is 10.4. The molecule has 0 aromatic heterocycles. The molecular formula is C6H13NO2S. The molecule has 0 aliphatic rings. The van der Waals surface area contributed by atoms with E-state index in [2.05, 4.69) is 4.36 Å². The fourth-order valence-corrected chi connectivity index (χ4v) is 2.09. The fourth-order valence-electron chi connectivity index (χ4n) is 0.696. The van der Waals surface area contributed by atoms with Crippen molar-refractivity contribution >= 4 is 15.6 Å². The summed E-state index contributed by atoms with van der Waals surface area (Å²) >= 11 is 0. The van der Waals surface area contributed by atoms with Gasteiger partial charge in [-0.1, -0.05) is 6.92 Å². The number of rotatable bonds is 2. The Balaban J connectivity index is 4.39. The number of nitrogens with zero attached hydrogens (tertiary/aromatic N) is 1. The van der Waals surface area contributed by atoms with Crippen LogP contribution in [0.15, 0.2) is 4.36 Å². The topological polar surface area (TPSA) is 46.5 Å². The highest BCUT2D eigenvalue weighted by Gasteiger charge is 1.99. The van der Waals surface area contributed by atoms with Crippen LogP contribution in [-0.4, -0.2) is 22.1 Å². The van der Waals surface area contributed by atoms with Gasteiger partial charge in [-0.15, -0.1) is 0 Å². The first-order valence-corrected chi connectivity index (χ1v) is 5.27. The van der Waals surface area contributed by atoms with Gasteiger partial charge < -0.3 is 0 Å². The minimum absolute atomic E-state index is 0.346. The van der Waals surface area contributed by atoms with Crippen molar-refractivity contribution in [3.05, 3.63) is 0 Å². The molecule has 0 fully saturated rings. The third-order valence-corrected chi connectivity index (χ3v) is 2.71. The first-order valence-electron chi connectivity index (χ1n) is 3.18. The van der Waals surface area contributed by atoms with E-state index in [0.29, 0.717) is 5.75 Å². The predicted molar refractivity (Wildman–Crippen MR) is 42.3 cm³/mol. The highest BCUT2D eigenvalue weighted by molar-refractivity contribution is 7.93. The van der Waals surface area contributed by atoms with Gasteiger partial charge in [-0.3, -0.25) is 4.79 Å². The zero-order valence-corrected chi connectivity index (χ0v) is 7.40. The normalized spacial score (nSPS) is 15.9. The lowest BCUT2D eigenvalue weighted by Gasteiger charge is -1.97. The zero-order valence-electron chi connectivity index (χ0n) is 6.59. The first kappa shape index (κ1) is 9.62. The van der Waals surface area contributed by atoms with Gasteiger partial charge >= 0.3 is 0 Å². The molecule has 0 rings (SSSR count). The van der Waals surface area contributed by atoms with Crippen LogP contribution in [0.5, 0.6) is 0 Å². The average Bonchev–Trinajstić information content (AvgIpc) is 1.59. The molecule has 0 saturated heterocycles. The van der Waals surface area contributed by atoms with Crippen LogP contribution in [0.1, 0.15) is 20.3 Å². The second kappa shape index (κ2) is 3.71. The average molecular weight is 163 g/mol. The van der Waals surface area contributed by atoms with Gasteiger partial charge in [0.1, 0.15) is 0 Å². The van der Waals surface area contributed by atoms with Crippen LogP contribution in [0.25, 0.3) is 0 Å². The summed E-state index contributed by atoms with van der Waals surface area (Å²) in [6, 6.07) is 0. The summed E-state index contributed by atoms with van der Waals surface area (Å²) in [6.45, 7) is 3.23. The lowest BCUT2D eigenvalue weighted by atomic mass is 10.6. The molecule has 1 atom stereocenters. The van der Waals surface area contributed by atoms with Crippen molar-refractivity contribution in [2.45, 2.75) is 20.3 Å². The molecule has 0 aliphatic carbocycles. The highest BCUT2D eigenvalue weighted by Crippen LogP contribution is 1.93. The third-order valence-electron chi connectivity index (χ3n) is 0.905. The summed E-state index contributed by atoms with van der Waals surface area (Å²) in [7, 11) is -2.21. The SMILES string of the molecule is CCCS(C)(=O)=NC(C)=O. The molecule has 0 N–H and O–H groups in total. The van der Waals surface area contributed by atoms with Crippen molar-refractivity contribution in [2.24, 2.45) is 4.36 Å². The smallest absolute Gasteiger partial charge is 0.250 e. The molecule has 0 aliphatic heterocycles. The molecule has 0 aromatic rings. The maximum atomic E-state index is 11.2. The van der Waals surface area contributed by atoms with E-state index in [1.54, 1.807) is 0 Å². The highest BCUT2D eigenvalue weighted by atomic mass is 32.2. The number of hydrogen-bond donors (Lipinski definition) is 0. The molecule has 0 spiro atoms. The van der Waals surface area contributed by atoms with Crippen LogP contribution >= 0.6 is 0 Å². The largest absolute Gasteiger partial charge is 0.272 e. The number of carbonyl (C=O) groups excluding carboxylic acids is 1. The Bertz CT molecular complexity index is 226. The summed E-state index contributed by atoms with van der Waals surface area (Å²) in [5.41, 5.74) is 0. The Labute approximate surface area is 62.0 Å². The Morgan fingerprint density at radius 2 is 2.10 bits per heavy atom. The van der Waals surface area contributed by atoms with Crippen LogP contribution in [0, 0.1) is 0 Å². The molecule has 0 aromatic carbocycles. The quantitative estimate of drug-likeness (QED) is 0.610. The lowest BCUT2D eigenvalue weighted by Crippen LogP contribution is -2.04. The Hall–Kier alpha value is -0.380. The molecule has 0 bridgehead atoms. The monoisotopic (exact) mass is 163 g/mol. The maximum absolute atomic E-state index is 11.2. The molecule has 1 unspecified atom stereocenters. The number of hydrogen-bond acceptors (Lipinski definition) is 2. The molecule has 0 heterocycles. The third kappa shape index (κ3) is 4.49. The van der Waals surface area contributed by atoms with Gasteiger partial charge in [0.25, 0.3) is 5.91 Å². The van der Waals surface area contributed by atoms with Gasteiger partial charge in [-0.05, 0) is 6.42 Å². The van der Waals surface area contributed by atoms with E-state index in [0.717, 1.165) is 6.42 Å². The number of amides is 1. The van der Waals surface area contributed by atoms with Crippen LogP contribution in [0.4, 0.5) is 0 Å². The molecule has 1 amide bonds. The maximum Gasteiger partial charge on any atom is 0.250 e. The summed E-state index contributed by atoms with van der Waals surface area (Å²) < 4.78 is 14.7. The van der Waals surface area contributed by atoms with E-state index in [1.165, 1.54) is 13.2 Å². The van der Waals surface area contributed by atoms with E-state index in [4.69, 9.17) is 0 Å². The van der Waals surface area contributed by atoms with Gasteiger partial charge in [0.15, 0.2) is 0 Å². The van der Waals surface area contributed by atoms with E-state index in [-0.39, 0.29) is 5.91 Å².